The Labute approximate surface area is 91.4 Å². The molecule has 0 saturated heterocycles. The number of nitrogens with one attached hydrogen (secondary N) is 2. The lowest BCUT2D eigenvalue weighted by Gasteiger charge is -2.07. The van der Waals surface area contributed by atoms with Crippen LogP contribution in [0.15, 0.2) is 6.20 Å². The summed E-state index contributed by atoms with van der Waals surface area (Å²) in [6.45, 7) is 3.87. The molecule has 0 aliphatic heterocycles. The molecule has 6 heteroatoms. The van der Waals surface area contributed by atoms with E-state index in [9.17, 15) is 13.6 Å². The van der Waals surface area contributed by atoms with E-state index in [1.54, 1.807) is 6.20 Å². The predicted molar refractivity (Wildman–Crippen MR) is 54.4 cm³/mol. The van der Waals surface area contributed by atoms with E-state index < -0.39 is 17.7 Å². The Hall–Kier alpha value is -1.46. The van der Waals surface area contributed by atoms with Crippen LogP contribution in [0.1, 0.15) is 31.7 Å². The second kappa shape index (κ2) is 3.54. The number of nitrogens with zero attached hydrogens (tertiary/aromatic N) is 1. The molecule has 1 aromatic heterocycles. The Morgan fingerprint density at radius 3 is 2.81 bits per heavy atom. The van der Waals surface area contributed by atoms with Crippen LogP contribution in [0.3, 0.4) is 0 Å². The van der Waals surface area contributed by atoms with Gasteiger partial charge in [-0.1, -0.05) is 13.8 Å². The van der Waals surface area contributed by atoms with Gasteiger partial charge in [-0.3, -0.25) is 9.89 Å². The zero-order valence-electron chi connectivity index (χ0n) is 9.05. The Bertz CT molecular complexity index is 414. The van der Waals surface area contributed by atoms with Crippen molar-refractivity contribution in [2.75, 3.05) is 5.32 Å². The molecule has 0 aromatic carbocycles. The van der Waals surface area contributed by atoms with Gasteiger partial charge in [-0.2, -0.15) is 5.10 Å². The fourth-order valence-electron chi connectivity index (χ4n) is 1.54. The number of hydrogen-bond acceptors (Lipinski definition) is 2. The summed E-state index contributed by atoms with van der Waals surface area (Å²) in [6.07, 6.45) is 1.23. The van der Waals surface area contributed by atoms with Crippen LogP contribution in [-0.4, -0.2) is 22.0 Å². The van der Waals surface area contributed by atoms with E-state index in [-0.39, 0.29) is 12.3 Å². The molecule has 2 rings (SSSR count). The van der Waals surface area contributed by atoms with Crippen LogP contribution in [0.25, 0.3) is 0 Å². The molecular weight excluding hydrogens is 216 g/mol. The van der Waals surface area contributed by atoms with Gasteiger partial charge in [0.1, 0.15) is 11.7 Å². The normalized spacial score (nSPS) is 22.2. The molecule has 1 amide bonds. The second-order valence-electron chi connectivity index (χ2n) is 4.36. The first kappa shape index (κ1) is 11.0. The zero-order valence-corrected chi connectivity index (χ0v) is 9.05. The number of H-pyrrole nitrogens is 1. The number of aromatic nitrogens is 2. The minimum Gasteiger partial charge on any atom is -0.310 e. The van der Waals surface area contributed by atoms with Crippen molar-refractivity contribution < 1.29 is 13.6 Å². The third-order valence-electron chi connectivity index (χ3n) is 2.68. The van der Waals surface area contributed by atoms with E-state index in [2.05, 4.69) is 15.5 Å². The number of hydrogen-bond donors (Lipinski definition) is 2. The molecule has 1 atom stereocenters. The molecule has 0 radical (unpaired) electrons. The number of alkyl halides is 2. The van der Waals surface area contributed by atoms with Gasteiger partial charge in [0, 0.05) is 12.0 Å². The average molecular weight is 229 g/mol. The summed E-state index contributed by atoms with van der Waals surface area (Å²) in [5.74, 6) is -4.06. The first-order valence-electron chi connectivity index (χ1n) is 5.14. The summed E-state index contributed by atoms with van der Waals surface area (Å²) in [7, 11) is 0. The molecular formula is C10H13F2N3O. The molecule has 2 N–H and O–H groups in total. The Kier molecular flexibility index (Phi) is 2.44. The van der Waals surface area contributed by atoms with Crippen molar-refractivity contribution in [2.24, 2.45) is 5.92 Å². The molecule has 1 aliphatic carbocycles. The predicted octanol–water partition coefficient (Wildman–Crippen LogP) is 2.13. The summed E-state index contributed by atoms with van der Waals surface area (Å²) >= 11 is 0. The van der Waals surface area contributed by atoms with Crippen LogP contribution >= 0.6 is 0 Å². The average Bonchev–Trinajstić information content (AvgIpc) is 2.61. The summed E-state index contributed by atoms with van der Waals surface area (Å²) in [5, 5.41) is 8.84. The van der Waals surface area contributed by atoms with Crippen molar-refractivity contribution in [3.63, 3.8) is 0 Å². The Morgan fingerprint density at radius 2 is 2.31 bits per heavy atom. The smallest absolute Gasteiger partial charge is 0.260 e. The van der Waals surface area contributed by atoms with E-state index in [0.717, 1.165) is 5.56 Å². The number of rotatable bonds is 3. The minimum atomic E-state index is -2.83. The van der Waals surface area contributed by atoms with Gasteiger partial charge in [-0.05, 0) is 5.92 Å². The topological polar surface area (TPSA) is 57.8 Å². The van der Waals surface area contributed by atoms with Crippen molar-refractivity contribution >= 4 is 11.7 Å². The third kappa shape index (κ3) is 1.91. The van der Waals surface area contributed by atoms with Crippen molar-refractivity contribution in [1.29, 1.82) is 0 Å². The summed E-state index contributed by atoms with van der Waals surface area (Å²) in [4.78, 5) is 11.4. The minimum absolute atomic E-state index is 0.175. The van der Waals surface area contributed by atoms with Crippen molar-refractivity contribution in [3.05, 3.63) is 11.8 Å². The molecule has 1 saturated carbocycles. The monoisotopic (exact) mass is 229 g/mol. The number of halogens is 2. The maximum Gasteiger partial charge on any atom is 0.260 e. The molecule has 1 aromatic rings. The highest BCUT2D eigenvalue weighted by atomic mass is 19.3. The first-order chi connectivity index (χ1) is 7.42. The van der Waals surface area contributed by atoms with Crippen molar-refractivity contribution in [3.8, 4) is 0 Å². The zero-order chi connectivity index (χ0) is 11.9. The molecule has 1 fully saturated rings. The number of amides is 1. The Morgan fingerprint density at radius 1 is 1.69 bits per heavy atom. The molecule has 0 bridgehead atoms. The van der Waals surface area contributed by atoms with Gasteiger partial charge < -0.3 is 5.32 Å². The summed E-state index contributed by atoms with van der Waals surface area (Å²) < 4.78 is 25.3. The van der Waals surface area contributed by atoms with Gasteiger partial charge in [0.05, 0.1) is 6.20 Å². The number of carbonyl (C=O) groups is 1. The molecule has 0 unspecified atom stereocenters. The molecule has 16 heavy (non-hydrogen) atoms. The third-order valence-corrected chi connectivity index (χ3v) is 2.68. The van der Waals surface area contributed by atoms with E-state index in [1.165, 1.54) is 0 Å². The van der Waals surface area contributed by atoms with E-state index in [4.69, 9.17) is 0 Å². The van der Waals surface area contributed by atoms with Crippen LogP contribution in [0.4, 0.5) is 14.6 Å². The SMILES string of the molecule is CC(C)c1cn[nH]c1NC(=O)[C@H]1CC1(F)F. The second-order valence-corrected chi connectivity index (χ2v) is 4.36. The van der Waals surface area contributed by atoms with Crippen LogP contribution in [-0.2, 0) is 4.79 Å². The van der Waals surface area contributed by atoms with Crippen LogP contribution in [0.5, 0.6) is 0 Å². The number of aromatic amines is 1. The van der Waals surface area contributed by atoms with Gasteiger partial charge in [0.25, 0.3) is 5.92 Å². The highest BCUT2D eigenvalue weighted by Gasteiger charge is 2.61. The molecule has 1 heterocycles. The van der Waals surface area contributed by atoms with Gasteiger partial charge in [-0.15, -0.1) is 0 Å². The van der Waals surface area contributed by atoms with Crippen LogP contribution in [0, 0.1) is 5.92 Å². The first-order valence-corrected chi connectivity index (χ1v) is 5.14. The quantitative estimate of drug-likeness (QED) is 0.834. The molecule has 88 valence electrons. The maximum absolute atomic E-state index is 12.6. The lowest BCUT2D eigenvalue weighted by molar-refractivity contribution is -0.119. The lowest BCUT2D eigenvalue weighted by Crippen LogP contribution is -2.18. The largest absolute Gasteiger partial charge is 0.310 e. The lowest BCUT2D eigenvalue weighted by atomic mass is 10.1. The van der Waals surface area contributed by atoms with Gasteiger partial charge in [0.2, 0.25) is 5.91 Å². The maximum atomic E-state index is 12.6. The van der Waals surface area contributed by atoms with Gasteiger partial charge >= 0.3 is 0 Å². The molecule has 4 nitrogen and oxygen atoms in total. The fourth-order valence-corrected chi connectivity index (χ4v) is 1.54. The van der Waals surface area contributed by atoms with E-state index in [0.29, 0.717) is 5.82 Å². The Balaban J connectivity index is 2.04. The fraction of sp³-hybridized carbons (Fsp3) is 0.600. The summed E-state index contributed by atoms with van der Waals surface area (Å²) in [6, 6.07) is 0. The molecule has 0 spiro atoms. The van der Waals surface area contributed by atoms with Crippen LogP contribution < -0.4 is 5.32 Å². The van der Waals surface area contributed by atoms with Gasteiger partial charge in [-0.25, -0.2) is 8.78 Å². The highest BCUT2D eigenvalue weighted by molar-refractivity contribution is 5.95. The van der Waals surface area contributed by atoms with E-state index in [1.807, 2.05) is 13.8 Å². The van der Waals surface area contributed by atoms with Gasteiger partial charge in [0.15, 0.2) is 0 Å². The summed E-state index contributed by atoms with van der Waals surface area (Å²) in [5.41, 5.74) is 0.817. The number of anilines is 1. The van der Waals surface area contributed by atoms with E-state index >= 15 is 0 Å². The number of carbonyl (C=O) groups excluding carboxylic acids is 1. The van der Waals surface area contributed by atoms with Crippen molar-refractivity contribution in [2.45, 2.75) is 32.1 Å². The van der Waals surface area contributed by atoms with Crippen LogP contribution in [0.2, 0.25) is 0 Å². The highest BCUT2D eigenvalue weighted by Crippen LogP contribution is 2.49. The van der Waals surface area contributed by atoms with Crippen molar-refractivity contribution in [1.82, 2.24) is 10.2 Å². The standard InChI is InChI=1S/C10H13F2N3O/c1-5(2)6-4-13-15-8(6)14-9(16)7-3-10(7,11)12/h4-5,7H,3H2,1-2H3,(H2,13,14,15,16)/t7-/m1/s1. The molecule has 1 aliphatic rings.